The summed E-state index contributed by atoms with van der Waals surface area (Å²) in [4.78, 5) is 12.4. The Kier molecular flexibility index (Phi) is 3.61. The van der Waals surface area contributed by atoms with Gasteiger partial charge in [0, 0.05) is 17.1 Å². The molecule has 3 nitrogen and oxygen atoms in total. The Hall–Kier alpha value is -1.17. The molecule has 1 amide bonds. The van der Waals surface area contributed by atoms with Crippen molar-refractivity contribution >= 4 is 56.3 Å². The number of rotatable bonds is 1. The average Bonchev–Trinajstić information content (AvgIpc) is 2.67. The van der Waals surface area contributed by atoms with Crippen LogP contribution in [-0.4, -0.2) is 18.1 Å². The van der Waals surface area contributed by atoms with Crippen LogP contribution in [0.5, 0.6) is 0 Å². The zero-order valence-electron chi connectivity index (χ0n) is 8.91. The Bertz CT molecular complexity index is 594. The minimum absolute atomic E-state index is 0.281. The first kappa shape index (κ1) is 12.3. The van der Waals surface area contributed by atoms with Crippen molar-refractivity contribution in [3.63, 3.8) is 0 Å². The van der Waals surface area contributed by atoms with Crippen LogP contribution in [0.15, 0.2) is 24.3 Å². The van der Waals surface area contributed by atoms with Gasteiger partial charge < -0.3 is 5.32 Å². The van der Waals surface area contributed by atoms with Gasteiger partial charge in [-0.1, -0.05) is 29.8 Å². The lowest BCUT2D eigenvalue weighted by molar-refractivity contribution is 0.0981. The number of thiocarbonyl (C=S) groups is 1. The molecule has 0 radical (unpaired) electrons. The Morgan fingerprint density at radius 1 is 1.41 bits per heavy atom. The topological polar surface area (TPSA) is 41.1 Å². The Morgan fingerprint density at radius 3 is 2.76 bits per heavy atom. The van der Waals surface area contributed by atoms with Gasteiger partial charge >= 0.3 is 0 Å². The van der Waals surface area contributed by atoms with Gasteiger partial charge in [-0.3, -0.25) is 10.1 Å². The summed E-state index contributed by atoms with van der Waals surface area (Å²) in [5, 5.41) is 6.88. The van der Waals surface area contributed by atoms with E-state index in [4.69, 9.17) is 23.8 Å². The SMILES string of the molecule is CNC(=S)NC(=O)c1sc2ccccc2c1Cl. The second-order valence-electron chi connectivity index (χ2n) is 3.27. The van der Waals surface area contributed by atoms with Crippen LogP contribution < -0.4 is 10.6 Å². The zero-order chi connectivity index (χ0) is 12.4. The van der Waals surface area contributed by atoms with E-state index in [9.17, 15) is 4.79 Å². The highest BCUT2D eigenvalue weighted by atomic mass is 35.5. The van der Waals surface area contributed by atoms with E-state index >= 15 is 0 Å². The molecule has 1 aromatic carbocycles. The summed E-state index contributed by atoms with van der Waals surface area (Å²) in [6.07, 6.45) is 0. The van der Waals surface area contributed by atoms with Crippen molar-refractivity contribution < 1.29 is 4.79 Å². The zero-order valence-corrected chi connectivity index (χ0v) is 11.3. The van der Waals surface area contributed by atoms with Crippen molar-refractivity contribution in [2.24, 2.45) is 0 Å². The van der Waals surface area contributed by atoms with Crippen LogP contribution in [-0.2, 0) is 0 Å². The minimum Gasteiger partial charge on any atom is -0.365 e. The molecule has 88 valence electrons. The molecule has 0 unspecified atom stereocenters. The fourth-order valence-electron chi connectivity index (χ4n) is 1.38. The molecule has 0 aliphatic rings. The second kappa shape index (κ2) is 5.00. The van der Waals surface area contributed by atoms with Gasteiger partial charge in [0.15, 0.2) is 5.11 Å². The quantitative estimate of drug-likeness (QED) is 0.791. The Labute approximate surface area is 113 Å². The Morgan fingerprint density at radius 2 is 2.12 bits per heavy atom. The predicted molar refractivity (Wildman–Crippen MR) is 76.0 cm³/mol. The molecular weight excluding hydrogens is 276 g/mol. The highest BCUT2D eigenvalue weighted by molar-refractivity contribution is 7.80. The normalized spacial score (nSPS) is 10.2. The first-order chi connectivity index (χ1) is 8.13. The van der Waals surface area contributed by atoms with Gasteiger partial charge in [-0.15, -0.1) is 11.3 Å². The second-order valence-corrected chi connectivity index (χ2v) is 5.11. The molecule has 2 aromatic rings. The summed E-state index contributed by atoms with van der Waals surface area (Å²) in [7, 11) is 1.65. The van der Waals surface area contributed by atoms with Gasteiger partial charge in [0.25, 0.3) is 5.91 Å². The molecular formula is C11H9ClN2OS2. The molecule has 1 aromatic heterocycles. The highest BCUT2D eigenvalue weighted by Gasteiger charge is 2.17. The van der Waals surface area contributed by atoms with E-state index in [2.05, 4.69) is 10.6 Å². The molecule has 0 aliphatic heterocycles. The number of amides is 1. The summed E-state index contributed by atoms with van der Waals surface area (Å²) < 4.78 is 0.984. The number of carbonyl (C=O) groups excluding carboxylic acids is 1. The molecule has 0 saturated carbocycles. The van der Waals surface area contributed by atoms with E-state index < -0.39 is 0 Å². The maximum Gasteiger partial charge on any atom is 0.269 e. The Balaban J connectivity index is 2.39. The largest absolute Gasteiger partial charge is 0.365 e. The average molecular weight is 285 g/mol. The van der Waals surface area contributed by atoms with Crippen LogP contribution in [0.3, 0.4) is 0 Å². The summed E-state index contributed by atoms with van der Waals surface area (Å²) >= 11 is 12.4. The molecule has 2 rings (SSSR count). The van der Waals surface area contributed by atoms with E-state index in [1.807, 2.05) is 24.3 Å². The molecule has 17 heavy (non-hydrogen) atoms. The van der Waals surface area contributed by atoms with Crippen LogP contribution in [0.25, 0.3) is 10.1 Å². The van der Waals surface area contributed by atoms with Crippen molar-refractivity contribution in [1.82, 2.24) is 10.6 Å². The summed E-state index contributed by atoms with van der Waals surface area (Å²) in [6, 6.07) is 7.62. The molecule has 0 fully saturated rings. The van der Waals surface area contributed by atoms with Gasteiger partial charge in [-0.05, 0) is 18.3 Å². The van der Waals surface area contributed by atoms with Crippen molar-refractivity contribution in [1.29, 1.82) is 0 Å². The maximum atomic E-state index is 11.9. The lowest BCUT2D eigenvalue weighted by Gasteiger charge is -2.03. The number of nitrogens with one attached hydrogen (secondary N) is 2. The van der Waals surface area contributed by atoms with Gasteiger partial charge in [0.05, 0.1) is 5.02 Å². The fourth-order valence-corrected chi connectivity index (χ4v) is 2.89. The molecule has 6 heteroatoms. The number of fused-ring (bicyclic) bond motifs is 1. The van der Waals surface area contributed by atoms with E-state index in [1.165, 1.54) is 11.3 Å². The molecule has 0 atom stereocenters. The lowest BCUT2D eigenvalue weighted by Crippen LogP contribution is -2.36. The number of halogens is 1. The van der Waals surface area contributed by atoms with E-state index in [0.717, 1.165) is 10.1 Å². The molecule has 0 aliphatic carbocycles. The lowest BCUT2D eigenvalue weighted by atomic mass is 10.2. The highest BCUT2D eigenvalue weighted by Crippen LogP contribution is 2.34. The molecule has 0 bridgehead atoms. The van der Waals surface area contributed by atoms with Crippen LogP contribution >= 0.6 is 35.2 Å². The monoisotopic (exact) mass is 284 g/mol. The summed E-state index contributed by atoms with van der Waals surface area (Å²) in [6.45, 7) is 0. The van der Waals surface area contributed by atoms with Gasteiger partial charge in [-0.25, -0.2) is 0 Å². The van der Waals surface area contributed by atoms with Crippen molar-refractivity contribution in [3.05, 3.63) is 34.2 Å². The predicted octanol–water partition coefficient (Wildman–Crippen LogP) is 2.79. The number of thiophene rings is 1. The van der Waals surface area contributed by atoms with E-state index in [1.54, 1.807) is 7.05 Å². The minimum atomic E-state index is -0.282. The number of carbonyl (C=O) groups is 1. The summed E-state index contributed by atoms with van der Waals surface area (Å²) in [5.74, 6) is -0.282. The van der Waals surface area contributed by atoms with Crippen LogP contribution in [0.1, 0.15) is 9.67 Å². The van der Waals surface area contributed by atoms with Gasteiger partial charge in [0.2, 0.25) is 0 Å². The maximum absolute atomic E-state index is 11.9. The van der Waals surface area contributed by atoms with Crippen LogP contribution in [0, 0.1) is 0 Å². The molecule has 2 N–H and O–H groups in total. The van der Waals surface area contributed by atoms with E-state index in [-0.39, 0.29) is 11.0 Å². The fraction of sp³-hybridized carbons (Fsp3) is 0.0909. The first-order valence-corrected chi connectivity index (χ1v) is 6.44. The third kappa shape index (κ3) is 2.41. The first-order valence-electron chi connectivity index (χ1n) is 4.83. The van der Waals surface area contributed by atoms with Crippen LogP contribution in [0.4, 0.5) is 0 Å². The van der Waals surface area contributed by atoms with Gasteiger partial charge in [0.1, 0.15) is 4.88 Å². The van der Waals surface area contributed by atoms with E-state index in [0.29, 0.717) is 9.90 Å². The third-order valence-electron chi connectivity index (χ3n) is 2.20. The summed E-state index contributed by atoms with van der Waals surface area (Å²) in [5.41, 5.74) is 0. The van der Waals surface area contributed by atoms with Crippen molar-refractivity contribution in [2.75, 3.05) is 7.05 Å². The van der Waals surface area contributed by atoms with Crippen molar-refractivity contribution in [3.8, 4) is 0 Å². The molecule has 0 saturated heterocycles. The van der Waals surface area contributed by atoms with Crippen molar-refractivity contribution in [2.45, 2.75) is 0 Å². The smallest absolute Gasteiger partial charge is 0.269 e. The number of hydrogen-bond donors (Lipinski definition) is 2. The molecule has 1 heterocycles. The van der Waals surface area contributed by atoms with Gasteiger partial charge in [-0.2, -0.15) is 0 Å². The number of benzene rings is 1. The molecule has 0 spiro atoms. The third-order valence-corrected chi connectivity index (χ3v) is 4.18. The van der Waals surface area contributed by atoms with Crippen LogP contribution in [0.2, 0.25) is 5.02 Å². The number of hydrogen-bond acceptors (Lipinski definition) is 3. The standard InChI is InChI=1S/C11H9ClN2OS2/c1-13-11(16)14-10(15)9-8(12)6-4-2-3-5-7(6)17-9/h2-5H,1H3,(H2,13,14,15,16).